The SMILES string of the molecule is COCCNC(=O)c1ccnc(NCc2ccc(C)cc2)n1. The molecule has 0 fully saturated rings. The van der Waals surface area contributed by atoms with E-state index in [4.69, 9.17) is 4.74 Å². The summed E-state index contributed by atoms with van der Waals surface area (Å²) in [6.45, 7) is 3.57. The number of aryl methyl sites for hydroxylation is 1. The van der Waals surface area contributed by atoms with E-state index in [1.807, 2.05) is 19.1 Å². The lowest BCUT2D eigenvalue weighted by Gasteiger charge is -2.07. The van der Waals surface area contributed by atoms with Gasteiger partial charge in [-0.15, -0.1) is 0 Å². The molecule has 0 aliphatic carbocycles. The highest BCUT2D eigenvalue weighted by atomic mass is 16.5. The van der Waals surface area contributed by atoms with Crippen LogP contribution in [0.5, 0.6) is 0 Å². The number of nitrogens with zero attached hydrogens (tertiary/aromatic N) is 2. The predicted molar refractivity (Wildman–Crippen MR) is 84.7 cm³/mol. The van der Waals surface area contributed by atoms with Crippen LogP contribution in [0.15, 0.2) is 36.5 Å². The number of benzene rings is 1. The van der Waals surface area contributed by atoms with Gasteiger partial charge in [-0.2, -0.15) is 0 Å². The fourth-order valence-electron chi connectivity index (χ4n) is 1.81. The fourth-order valence-corrected chi connectivity index (χ4v) is 1.81. The van der Waals surface area contributed by atoms with Crippen LogP contribution >= 0.6 is 0 Å². The Morgan fingerprint density at radius 1 is 1.23 bits per heavy atom. The maximum Gasteiger partial charge on any atom is 0.270 e. The molecule has 116 valence electrons. The molecule has 0 aliphatic rings. The van der Waals surface area contributed by atoms with Crippen molar-refractivity contribution in [3.63, 3.8) is 0 Å². The minimum absolute atomic E-state index is 0.238. The van der Waals surface area contributed by atoms with Crippen molar-refractivity contribution in [2.24, 2.45) is 0 Å². The van der Waals surface area contributed by atoms with E-state index in [0.29, 0.717) is 31.3 Å². The number of hydrogen-bond acceptors (Lipinski definition) is 5. The Balaban J connectivity index is 1.93. The largest absolute Gasteiger partial charge is 0.383 e. The lowest BCUT2D eigenvalue weighted by Crippen LogP contribution is -2.28. The molecule has 6 heteroatoms. The molecule has 0 unspecified atom stereocenters. The number of hydrogen-bond donors (Lipinski definition) is 2. The Labute approximate surface area is 129 Å². The van der Waals surface area contributed by atoms with Crippen molar-refractivity contribution in [1.29, 1.82) is 0 Å². The highest BCUT2D eigenvalue weighted by Crippen LogP contribution is 2.06. The summed E-state index contributed by atoms with van der Waals surface area (Å²) in [4.78, 5) is 20.2. The van der Waals surface area contributed by atoms with Gasteiger partial charge < -0.3 is 15.4 Å². The highest BCUT2D eigenvalue weighted by Gasteiger charge is 2.08. The zero-order valence-electron chi connectivity index (χ0n) is 12.8. The molecule has 1 heterocycles. The Hall–Kier alpha value is -2.47. The van der Waals surface area contributed by atoms with E-state index < -0.39 is 0 Å². The van der Waals surface area contributed by atoms with Gasteiger partial charge in [0.05, 0.1) is 6.61 Å². The van der Waals surface area contributed by atoms with Crippen molar-refractivity contribution in [3.8, 4) is 0 Å². The van der Waals surface area contributed by atoms with Crippen molar-refractivity contribution in [1.82, 2.24) is 15.3 Å². The second-order valence-electron chi connectivity index (χ2n) is 4.85. The van der Waals surface area contributed by atoms with Gasteiger partial charge in [0.2, 0.25) is 5.95 Å². The minimum Gasteiger partial charge on any atom is -0.383 e. The molecule has 0 saturated carbocycles. The first-order valence-electron chi connectivity index (χ1n) is 7.08. The average Bonchev–Trinajstić information content (AvgIpc) is 2.55. The summed E-state index contributed by atoms with van der Waals surface area (Å²) in [6.07, 6.45) is 1.57. The monoisotopic (exact) mass is 300 g/mol. The van der Waals surface area contributed by atoms with E-state index in [0.717, 1.165) is 5.56 Å². The number of rotatable bonds is 7. The van der Waals surface area contributed by atoms with E-state index in [1.54, 1.807) is 19.4 Å². The Morgan fingerprint density at radius 2 is 2.00 bits per heavy atom. The van der Waals surface area contributed by atoms with Crippen molar-refractivity contribution < 1.29 is 9.53 Å². The maximum absolute atomic E-state index is 11.9. The second kappa shape index (κ2) is 8.09. The van der Waals surface area contributed by atoms with Gasteiger partial charge in [-0.1, -0.05) is 29.8 Å². The van der Waals surface area contributed by atoms with Crippen LogP contribution in [-0.4, -0.2) is 36.1 Å². The maximum atomic E-state index is 11.9. The molecule has 2 N–H and O–H groups in total. The second-order valence-corrected chi connectivity index (χ2v) is 4.85. The van der Waals surface area contributed by atoms with Crippen LogP contribution in [0.25, 0.3) is 0 Å². The van der Waals surface area contributed by atoms with Gasteiger partial charge in [0, 0.05) is 26.4 Å². The van der Waals surface area contributed by atoms with Crippen molar-refractivity contribution in [2.45, 2.75) is 13.5 Å². The molecule has 2 rings (SSSR count). The summed E-state index contributed by atoms with van der Waals surface area (Å²) in [5, 5.41) is 5.84. The lowest BCUT2D eigenvalue weighted by atomic mass is 10.1. The molecule has 1 amide bonds. The molecule has 1 aromatic heterocycles. The third-order valence-corrected chi connectivity index (χ3v) is 3.05. The van der Waals surface area contributed by atoms with Crippen molar-refractivity contribution >= 4 is 11.9 Å². The van der Waals surface area contributed by atoms with Gasteiger partial charge in [-0.25, -0.2) is 9.97 Å². The van der Waals surface area contributed by atoms with Crippen LogP contribution in [0.4, 0.5) is 5.95 Å². The molecule has 0 spiro atoms. The number of ether oxygens (including phenoxy) is 1. The summed E-state index contributed by atoms with van der Waals surface area (Å²) in [7, 11) is 1.59. The number of carbonyl (C=O) groups excluding carboxylic acids is 1. The number of methoxy groups -OCH3 is 1. The molecule has 0 radical (unpaired) electrons. The van der Waals surface area contributed by atoms with Crippen LogP contribution < -0.4 is 10.6 Å². The Kier molecular flexibility index (Phi) is 5.85. The van der Waals surface area contributed by atoms with Gasteiger partial charge in [-0.3, -0.25) is 4.79 Å². The first-order valence-corrected chi connectivity index (χ1v) is 7.08. The third kappa shape index (κ3) is 4.82. The quantitative estimate of drug-likeness (QED) is 0.762. The van der Waals surface area contributed by atoms with Crippen LogP contribution in [0.3, 0.4) is 0 Å². The van der Waals surface area contributed by atoms with E-state index in [-0.39, 0.29) is 5.91 Å². The van der Waals surface area contributed by atoms with Crippen molar-refractivity contribution in [3.05, 3.63) is 53.3 Å². The summed E-state index contributed by atoms with van der Waals surface area (Å²) in [6, 6.07) is 9.78. The number of nitrogens with one attached hydrogen (secondary N) is 2. The van der Waals surface area contributed by atoms with Crippen LogP contribution in [0.2, 0.25) is 0 Å². The summed E-state index contributed by atoms with van der Waals surface area (Å²) in [5.41, 5.74) is 2.68. The molecule has 0 atom stereocenters. The lowest BCUT2D eigenvalue weighted by molar-refractivity contribution is 0.0932. The smallest absolute Gasteiger partial charge is 0.270 e. The highest BCUT2D eigenvalue weighted by molar-refractivity contribution is 5.92. The van der Waals surface area contributed by atoms with Gasteiger partial charge in [0.25, 0.3) is 5.91 Å². The van der Waals surface area contributed by atoms with Gasteiger partial charge >= 0.3 is 0 Å². The van der Waals surface area contributed by atoms with Gasteiger partial charge in [-0.05, 0) is 18.6 Å². The first-order chi connectivity index (χ1) is 10.7. The minimum atomic E-state index is -0.238. The molecular formula is C16H20N4O2. The molecule has 1 aromatic carbocycles. The Bertz CT molecular complexity index is 614. The van der Waals surface area contributed by atoms with Crippen LogP contribution in [0.1, 0.15) is 21.6 Å². The Morgan fingerprint density at radius 3 is 2.73 bits per heavy atom. The summed E-state index contributed by atoms with van der Waals surface area (Å²) in [5.74, 6) is 0.192. The molecule has 22 heavy (non-hydrogen) atoms. The number of amides is 1. The van der Waals surface area contributed by atoms with Crippen molar-refractivity contribution in [2.75, 3.05) is 25.6 Å². The van der Waals surface area contributed by atoms with E-state index in [1.165, 1.54) is 5.56 Å². The molecule has 0 aliphatic heterocycles. The summed E-state index contributed by atoms with van der Waals surface area (Å²) >= 11 is 0. The van der Waals surface area contributed by atoms with E-state index in [2.05, 4.69) is 32.7 Å². The predicted octanol–water partition coefficient (Wildman–Crippen LogP) is 1.77. The topological polar surface area (TPSA) is 76.1 Å². The molecule has 0 bridgehead atoms. The zero-order valence-corrected chi connectivity index (χ0v) is 12.8. The third-order valence-electron chi connectivity index (χ3n) is 3.05. The number of anilines is 1. The van der Waals surface area contributed by atoms with Crippen LogP contribution in [0, 0.1) is 6.92 Å². The first kappa shape index (κ1) is 15.9. The normalized spacial score (nSPS) is 10.3. The van der Waals surface area contributed by atoms with E-state index >= 15 is 0 Å². The number of aromatic nitrogens is 2. The standard InChI is InChI=1S/C16H20N4O2/c1-12-3-5-13(6-4-12)11-19-16-18-8-7-14(20-16)15(21)17-9-10-22-2/h3-8H,9-11H2,1-2H3,(H,17,21)(H,18,19,20). The molecular weight excluding hydrogens is 280 g/mol. The zero-order chi connectivity index (χ0) is 15.8. The fraction of sp³-hybridized carbons (Fsp3) is 0.312. The van der Waals surface area contributed by atoms with Gasteiger partial charge in [0.1, 0.15) is 5.69 Å². The number of carbonyl (C=O) groups is 1. The van der Waals surface area contributed by atoms with Crippen LogP contribution in [-0.2, 0) is 11.3 Å². The molecule has 6 nitrogen and oxygen atoms in total. The average molecular weight is 300 g/mol. The van der Waals surface area contributed by atoms with E-state index in [9.17, 15) is 4.79 Å². The molecule has 2 aromatic rings. The molecule has 0 saturated heterocycles. The van der Waals surface area contributed by atoms with Gasteiger partial charge in [0.15, 0.2) is 0 Å². The summed E-state index contributed by atoms with van der Waals surface area (Å²) < 4.78 is 4.89.